The number of anilines is 1. The lowest BCUT2D eigenvalue weighted by Crippen LogP contribution is -2.35. The first-order valence-corrected chi connectivity index (χ1v) is 9.74. The first kappa shape index (κ1) is 19.5. The normalized spacial score (nSPS) is 10.9. The minimum absolute atomic E-state index is 0.131. The molecule has 6 heteroatoms. The van der Waals surface area contributed by atoms with Crippen LogP contribution in [0.2, 0.25) is 0 Å². The van der Waals surface area contributed by atoms with Gasteiger partial charge in [-0.25, -0.2) is 4.68 Å². The van der Waals surface area contributed by atoms with Crippen LogP contribution in [-0.4, -0.2) is 27.7 Å². The molecule has 30 heavy (non-hydrogen) atoms. The number of amides is 1. The third-order valence-corrected chi connectivity index (χ3v) is 5.09. The highest BCUT2D eigenvalue weighted by Gasteiger charge is 2.16. The average Bonchev–Trinajstić information content (AvgIpc) is 2.77. The van der Waals surface area contributed by atoms with Crippen LogP contribution in [0.3, 0.4) is 0 Å². The molecule has 1 amide bonds. The minimum Gasteiger partial charge on any atom is -0.314 e. The second kappa shape index (κ2) is 8.29. The van der Waals surface area contributed by atoms with E-state index in [1.54, 1.807) is 30.4 Å². The van der Waals surface area contributed by atoms with Crippen LogP contribution in [0.1, 0.15) is 16.8 Å². The van der Waals surface area contributed by atoms with Gasteiger partial charge in [-0.05, 0) is 42.3 Å². The molecule has 2 aromatic heterocycles. The molecule has 4 rings (SSSR count). The molecule has 0 aliphatic carbocycles. The van der Waals surface area contributed by atoms with Crippen molar-refractivity contribution in [2.45, 2.75) is 19.9 Å². The van der Waals surface area contributed by atoms with Gasteiger partial charge in [-0.15, -0.1) is 0 Å². The predicted octanol–water partition coefficient (Wildman–Crippen LogP) is 3.35. The van der Waals surface area contributed by atoms with Crippen LogP contribution in [0.25, 0.3) is 10.8 Å². The molecular formula is C24H22N4O2. The molecule has 0 fully saturated rings. The van der Waals surface area contributed by atoms with Gasteiger partial charge in [0.25, 0.3) is 5.56 Å². The molecule has 2 aromatic carbocycles. The van der Waals surface area contributed by atoms with E-state index in [0.29, 0.717) is 11.8 Å². The SMILES string of the molecule is Cc1cccc(N(C)C(=O)Cn2nc(Cc3cccnc3)c3ccccc3c2=O)c1. The summed E-state index contributed by atoms with van der Waals surface area (Å²) in [6.45, 7) is 1.84. The van der Waals surface area contributed by atoms with Gasteiger partial charge in [-0.2, -0.15) is 5.10 Å². The van der Waals surface area contributed by atoms with Crippen molar-refractivity contribution in [2.24, 2.45) is 0 Å². The Balaban J connectivity index is 1.71. The maximum Gasteiger partial charge on any atom is 0.275 e. The Morgan fingerprint density at radius 2 is 1.83 bits per heavy atom. The van der Waals surface area contributed by atoms with E-state index in [1.807, 2.05) is 61.5 Å². The summed E-state index contributed by atoms with van der Waals surface area (Å²) in [5.41, 5.74) is 3.30. The van der Waals surface area contributed by atoms with Gasteiger partial charge < -0.3 is 4.90 Å². The van der Waals surface area contributed by atoms with Crippen LogP contribution in [0.15, 0.2) is 77.9 Å². The summed E-state index contributed by atoms with van der Waals surface area (Å²) >= 11 is 0. The van der Waals surface area contributed by atoms with Crippen molar-refractivity contribution in [1.29, 1.82) is 0 Å². The zero-order valence-corrected chi connectivity index (χ0v) is 16.9. The molecule has 150 valence electrons. The number of pyridine rings is 1. The van der Waals surface area contributed by atoms with Crippen molar-refractivity contribution in [2.75, 3.05) is 11.9 Å². The van der Waals surface area contributed by atoms with Gasteiger partial charge >= 0.3 is 0 Å². The van der Waals surface area contributed by atoms with E-state index in [9.17, 15) is 9.59 Å². The standard InChI is InChI=1S/C24H22N4O2/c1-17-7-5-9-19(13-17)27(2)23(29)16-28-24(30)21-11-4-3-10-20(21)22(26-28)14-18-8-6-12-25-15-18/h3-13,15H,14,16H2,1-2H3. The highest BCUT2D eigenvalue weighted by Crippen LogP contribution is 2.18. The number of rotatable bonds is 5. The largest absolute Gasteiger partial charge is 0.314 e. The number of fused-ring (bicyclic) bond motifs is 1. The maximum atomic E-state index is 13.0. The summed E-state index contributed by atoms with van der Waals surface area (Å²) in [7, 11) is 1.71. The number of nitrogens with zero attached hydrogens (tertiary/aromatic N) is 4. The number of hydrogen-bond donors (Lipinski definition) is 0. The molecule has 0 saturated heterocycles. The Labute approximate surface area is 174 Å². The van der Waals surface area contributed by atoms with Crippen molar-refractivity contribution < 1.29 is 4.79 Å². The first-order valence-electron chi connectivity index (χ1n) is 9.74. The topological polar surface area (TPSA) is 68.1 Å². The van der Waals surface area contributed by atoms with Gasteiger partial charge in [0.05, 0.1) is 11.1 Å². The molecule has 2 heterocycles. The average molecular weight is 398 g/mol. The molecular weight excluding hydrogens is 376 g/mol. The molecule has 0 spiro atoms. The Hall–Kier alpha value is -3.80. The number of carbonyl (C=O) groups excluding carboxylic acids is 1. The molecule has 0 saturated carbocycles. The Bertz CT molecular complexity index is 1270. The zero-order chi connectivity index (χ0) is 21.1. The highest BCUT2D eigenvalue weighted by molar-refractivity contribution is 5.93. The molecule has 0 radical (unpaired) electrons. The molecule has 0 N–H and O–H groups in total. The number of aromatic nitrogens is 3. The van der Waals surface area contributed by atoms with Crippen LogP contribution in [-0.2, 0) is 17.8 Å². The third kappa shape index (κ3) is 3.98. The minimum atomic E-state index is -0.272. The van der Waals surface area contributed by atoms with Crippen LogP contribution < -0.4 is 10.5 Å². The second-order valence-corrected chi connectivity index (χ2v) is 7.28. The van der Waals surface area contributed by atoms with Gasteiger partial charge in [0.1, 0.15) is 6.54 Å². The fraction of sp³-hybridized carbons (Fsp3) is 0.167. The van der Waals surface area contributed by atoms with Crippen LogP contribution in [0.4, 0.5) is 5.69 Å². The molecule has 0 unspecified atom stereocenters. The predicted molar refractivity (Wildman–Crippen MR) is 118 cm³/mol. The van der Waals surface area contributed by atoms with E-state index in [-0.39, 0.29) is 18.0 Å². The van der Waals surface area contributed by atoms with Gasteiger partial charge in [0.2, 0.25) is 5.91 Å². The van der Waals surface area contributed by atoms with Crippen LogP contribution in [0.5, 0.6) is 0 Å². The molecule has 0 aliphatic rings. The van der Waals surface area contributed by atoms with Crippen LogP contribution in [0, 0.1) is 6.92 Å². The molecule has 6 nitrogen and oxygen atoms in total. The number of hydrogen-bond acceptors (Lipinski definition) is 4. The van der Waals surface area contributed by atoms with Gasteiger partial charge in [0.15, 0.2) is 0 Å². The molecule has 0 aliphatic heterocycles. The lowest BCUT2D eigenvalue weighted by atomic mass is 10.1. The van der Waals surface area contributed by atoms with Crippen molar-refractivity contribution in [3.05, 3.63) is 100 Å². The van der Waals surface area contributed by atoms with Crippen molar-refractivity contribution >= 4 is 22.4 Å². The Morgan fingerprint density at radius 3 is 2.57 bits per heavy atom. The summed E-state index contributed by atoms with van der Waals surface area (Å²) in [4.78, 5) is 31.6. The van der Waals surface area contributed by atoms with Crippen molar-refractivity contribution in [3.63, 3.8) is 0 Å². The van der Waals surface area contributed by atoms with E-state index in [0.717, 1.165) is 27.9 Å². The lowest BCUT2D eigenvalue weighted by Gasteiger charge is -2.19. The summed E-state index contributed by atoms with van der Waals surface area (Å²) in [5, 5.41) is 5.90. The Morgan fingerprint density at radius 1 is 1.03 bits per heavy atom. The highest BCUT2D eigenvalue weighted by atomic mass is 16.2. The second-order valence-electron chi connectivity index (χ2n) is 7.28. The fourth-order valence-electron chi connectivity index (χ4n) is 3.45. The summed E-state index contributed by atoms with van der Waals surface area (Å²) in [6, 6.07) is 18.9. The summed E-state index contributed by atoms with van der Waals surface area (Å²) in [6.07, 6.45) is 4.02. The number of benzene rings is 2. The number of carbonyl (C=O) groups is 1. The van der Waals surface area contributed by atoms with Gasteiger partial charge in [0, 0.05) is 36.9 Å². The van der Waals surface area contributed by atoms with Crippen LogP contribution >= 0.6 is 0 Å². The van der Waals surface area contributed by atoms with E-state index in [4.69, 9.17) is 0 Å². The smallest absolute Gasteiger partial charge is 0.275 e. The van der Waals surface area contributed by atoms with Gasteiger partial charge in [-0.1, -0.05) is 36.4 Å². The number of likely N-dealkylation sites (N-methyl/N-ethyl adjacent to an activating group) is 1. The quantitative estimate of drug-likeness (QED) is 0.517. The van der Waals surface area contributed by atoms with Gasteiger partial charge in [-0.3, -0.25) is 14.6 Å². The zero-order valence-electron chi connectivity index (χ0n) is 16.9. The van der Waals surface area contributed by atoms with Crippen molar-refractivity contribution in [3.8, 4) is 0 Å². The van der Waals surface area contributed by atoms with E-state index in [1.165, 1.54) is 4.68 Å². The maximum absolute atomic E-state index is 13.0. The third-order valence-electron chi connectivity index (χ3n) is 5.09. The lowest BCUT2D eigenvalue weighted by molar-refractivity contribution is -0.119. The Kier molecular flexibility index (Phi) is 5.39. The molecule has 4 aromatic rings. The summed E-state index contributed by atoms with van der Waals surface area (Å²) in [5.74, 6) is -0.210. The summed E-state index contributed by atoms with van der Waals surface area (Å²) < 4.78 is 1.27. The van der Waals surface area contributed by atoms with E-state index in [2.05, 4.69) is 10.1 Å². The monoisotopic (exact) mass is 398 g/mol. The van der Waals surface area contributed by atoms with E-state index >= 15 is 0 Å². The number of aryl methyl sites for hydroxylation is 1. The first-order chi connectivity index (χ1) is 14.5. The molecule has 0 atom stereocenters. The molecule has 0 bridgehead atoms. The van der Waals surface area contributed by atoms with E-state index < -0.39 is 0 Å². The fourth-order valence-corrected chi connectivity index (χ4v) is 3.45. The van der Waals surface area contributed by atoms with Crippen molar-refractivity contribution in [1.82, 2.24) is 14.8 Å².